The number of halogens is 3. The Hall–Kier alpha value is -2.06. The van der Waals surface area contributed by atoms with Gasteiger partial charge in [0.25, 0.3) is 0 Å². The van der Waals surface area contributed by atoms with Gasteiger partial charge in [0.2, 0.25) is 10.0 Å². The third-order valence-corrected chi connectivity index (χ3v) is 5.83. The Labute approximate surface area is 150 Å². The van der Waals surface area contributed by atoms with Crippen molar-refractivity contribution >= 4 is 10.0 Å². The third-order valence-electron chi connectivity index (χ3n) is 4.33. The van der Waals surface area contributed by atoms with Crippen LogP contribution in [0.25, 0.3) is 0 Å². The lowest BCUT2D eigenvalue weighted by Crippen LogP contribution is -2.31. The number of rotatable bonds is 6. The van der Waals surface area contributed by atoms with E-state index in [9.17, 15) is 21.6 Å². The van der Waals surface area contributed by atoms with E-state index in [0.717, 1.165) is 25.0 Å². The summed E-state index contributed by atoms with van der Waals surface area (Å²) in [5.74, 6) is 0.685. The van der Waals surface area contributed by atoms with Gasteiger partial charge in [-0.25, -0.2) is 13.1 Å². The first kappa shape index (κ1) is 18.7. The van der Waals surface area contributed by atoms with E-state index in [1.165, 1.54) is 19.2 Å². The highest BCUT2D eigenvalue weighted by Crippen LogP contribution is 2.42. The van der Waals surface area contributed by atoms with Gasteiger partial charge in [-0.1, -0.05) is 24.3 Å². The molecule has 1 unspecified atom stereocenters. The van der Waals surface area contributed by atoms with Crippen LogP contribution in [0, 0.1) is 5.92 Å². The average molecular weight is 385 g/mol. The zero-order valence-corrected chi connectivity index (χ0v) is 14.8. The van der Waals surface area contributed by atoms with E-state index in [1.54, 1.807) is 24.3 Å². The molecule has 2 aromatic rings. The predicted molar refractivity (Wildman–Crippen MR) is 90.2 cm³/mol. The van der Waals surface area contributed by atoms with Crippen molar-refractivity contribution in [1.29, 1.82) is 0 Å². The molecule has 0 aliphatic heterocycles. The number of methoxy groups -OCH3 is 1. The Morgan fingerprint density at radius 1 is 1.08 bits per heavy atom. The maximum Gasteiger partial charge on any atom is 0.417 e. The first-order chi connectivity index (χ1) is 12.2. The maximum atomic E-state index is 13.2. The van der Waals surface area contributed by atoms with E-state index in [0.29, 0.717) is 11.3 Å². The summed E-state index contributed by atoms with van der Waals surface area (Å²) in [7, 11) is -2.83. The molecule has 1 atom stereocenters. The molecule has 1 N–H and O–H groups in total. The molecule has 3 rings (SSSR count). The highest BCUT2D eigenvalue weighted by Gasteiger charge is 2.40. The minimum atomic E-state index is -4.75. The van der Waals surface area contributed by atoms with Crippen LogP contribution in [0.4, 0.5) is 13.2 Å². The summed E-state index contributed by atoms with van der Waals surface area (Å²) in [6.07, 6.45) is -3.11. The summed E-state index contributed by atoms with van der Waals surface area (Å²) in [6.45, 7) is 0. The molecule has 140 valence electrons. The number of sulfonamides is 1. The van der Waals surface area contributed by atoms with E-state index in [1.807, 2.05) is 0 Å². The van der Waals surface area contributed by atoms with Crippen LogP contribution in [-0.4, -0.2) is 15.5 Å². The molecule has 1 fully saturated rings. The summed E-state index contributed by atoms with van der Waals surface area (Å²) < 4.78 is 72.5. The van der Waals surface area contributed by atoms with Crippen molar-refractivity contribution in [2.24, 2.45) is 5.92 Å². The quantitative estimate of drug-likeness (QED) is 0.813. The second kappa shape index (κ2) is 6.92. The van der Waals surface area contributed by atoms with Crippen LogP contribution in [-0.2, 0) is 16.2 Å². The molecule has 1 aliphatic carbocycles. The molecule has 0 radical (unpaired) electrons. The Morgan fingerprint density at radius 3 is 2.23 bits per heavy atom. The lowest BCUT2D eigenvalue weighted by Gasteiger charge is -2.21. The topological polar surface area (TPSA) is 55.4 Å². The van der Waals surface area contributed by atoms with Gasteiger partial charge in [-0.15, -0.1) is 0 Å². The third kappa shape index (κ3) is 4.02. The number of ether oxygens (including phenoxy) is 1. The monoisotopic (exact) mass is 385 g/mol. The van der Waals surface area contributed by atoms with E-state index >= 15 is 0 Å². The summed E-state index contributed by atoms with van der Waals surface area (Å²) in [6, 6.07) is 10.5. The summed E-state index contributed by atoms with van der Waals surface area (Å²) in [4.78, 5) is -0.758. The molecule has 8 heteroatoms. The van der Waals surface area contributed by atoms with Gasteiger partial charge >= 0.3 is 6.18 Å². The van der Waals surface area contributed by atoms with Gasteiger partial charge in [-0.2, -0.15) is 13.2 Å². The predicted octanol–water partition coefficient (Wildman–Crippen LogP) is 4.14. The fourth-order valence-corrected chi connectivity index (χ4v) is 4.36. The van der Waals surface area contributed by atoms with Crippen LogP contribution < -0.4 is 9.46 Å². The van der Waals surface area contributed by atoms with Gasteiger partial charge in [0.15, 0.2) is 0 Å². The van der Waals surface area contributed by atoms with Crippen LogP contribution in [0.1, 0.15) is 30.0 Å². The minimum Gasteiger partial charge on any atom is -0.497 e. The molecule has 0 spiro atoms. The fraction of sp³-hybridized carbons (Fsp3) is 0.333. The van der Waals surface area contributed by atoms with Gasteiger partial charge in [0.1, 0.15) is 5.75 Å². The van der Waals surface area contributed by atoms with E-state index in [-0.39, 0.29) is 5.92 Å². The number of alkyl halides is 3. The van der Waals surface area contributed by atoms with Crippen LogP contribution >= 0.6 is 0 Å². The normalized spacial score (nSPS) is 16.3. The Morgan fingerprint density at radius 2 is 1.69 bits per heavy atom. The molecule has 0 aromatic heterocycles. The van der Waals surface area contributed by atoms with Crippen molar-refractivity contribution in [3.8, 4) is 5.75 Å². The number of benzene rings is 2. The molecule has 0 amide bonds. The van der Waals surface area contributed by atoms with Crippen molar-refractivity contribution in [3.05, 3.63) is 59.7 Å². The van der Waals surface area contributed by atoms with Gasteiger partial charge in [0.05, 0.1) is 17.6 Å². The van der Waals surface area contributed by atoms with Crippen molar-refractivity contribution in [1.82, 2.24) is 4.72 Å². The van der Waals surface area contributed by atoms with Gasteiger partial charge in [-0.3, -0.25) is 0 Å². The highest BCUT2D eigenvalue weighted by molar-refractivity contribution is 7.89. The van der Waals surface area contributed by atoms with Crippen molar-refractivity contribution in [3.63, 3.8) is 0 Å². The molecule has 2 aromatic carbocycles. The molecule has 4 nitrogen and oxygen atoms in total. The molecule has 1 aliphatic rings. The first-order valence-corrected chi connectivity index (χ1v) is 9.53. The average Bonchev–Trinajstić information content (AvgIpc) is 3.44. The summed E-state index contributed by atoms with van der Waals surface area (Å²) >= 11 is 0. The fourth-order valence-electron chi connectivity index (χ4n) is 2.84. The van der Waals surface area contributed by atoms with Crippen molar-refractivity contribution < 1.29 is 26.3 Å². The van der Waals surface area contributed by atoms with E-state index in [2.05, 4.69) is 4.72 Å². The number of hydrogen-bond acceptors (Lipinski definition) is 3. The van der Waals surface area contributed by atoms with Crippen LogP contribution in [0.15, 0.2) is 53.4 Å². The lowest BCUT2D eigenvalue weighted by atomic mass is 10.0. The zero-order chi connectivity index (χ0) is 18.9. The van der Waals surface area contributed by atoms with Gasteiger partial charge in [-0.05, 0) is 48.6 Å². The second-order valence-corrected chi connectivity index (χ2v) is 7.89. The zero-order valence-electron chi connectivity index (χ0n) is 14.0. The maximum absolute atomic E-state index is 13.2. The molecule has 1 saturated carbocycles. The number of hydrogen-bond donors (Lipinski definition) is 1. The largest absolute Gasteiger partial charge is 0.497 e. The number of nitrogens with one attached hydrogen (secondary N) is 1. The molecule has 0 saturated heterocycles. The van der Waals surface area contributed by atoms with Crippen molar-refractivity contribution in [2.45, 2.75) is 30.0 Å². The summed E-state index contributed by atoms with van der Waals surface area (Å²) in [5.41, 5.74) is -0.474. The second-order valence-electron chi connectivity index (χ2n) is 6.20. The standard InChI is InChI=1S/C18H18F3NO3S/c1-25-14-10-8-13(9-11-14)17(12-6-7-12)22-26(23,24)16-5-3-2-4-15(16)18(19,20)21/h2-5,8-12,17,22H,6-7H2,1H3. The molecule has 0 bridgehead atoms. The van der Waals surface area contributed by atoms with E-state index in [4.69, 9.17) is 4.74 Å². The Kier molecular flexibility index (Phi) is 4.98. The SMILES string of the molecule is COc1ccc(C(NS(=O)(=O)c2ccccc2C(F)(F)F)C2CC2)cc1. The van der Waals surface area contributed by atoms with Crippen LogP contribution in [0.2, 0.25) is 0 Å². The Balaban J connectivity index is 1.94. The smallest absolute Gasteiger partial charge is 0.417 e. The molecule has 0 heterocycles. The Bertz CT molecular complexity index is 875. The van der Waals surface area contributed by atoms with Crippen LogP contribution in [0.5, 0.6) is 5.75 Å². The van der Waals surface area contributed by atoms with Gasteiger partial charge < -0.3 is 4.74 Å². The minimum absolute atomic E-state index is 0.0659. The van der Waals surface area contributed by atoms with E-state index < -0.39 is 32.7 Å². The lowest BCUT2D eigenvalue weighted by molar-refractivity contribution is -0.139. The first-order valence-electron chi connectivity index (χ1n) is 8.05. The van der Waals surface area contributed by atoms with Gasteiger partial charge in [0, 0.05) is 6.04 Å². The highest BCUT2D eigenvalue weighted by atomic mass is 32.2. The molecule has 26 heavy (non-hydrogen) atoms. The van der Waals surface area contributed by atoms with Crippen molar-refractivity contribution in [2.75, 3.05) is 7.11 Å². The molecular weight excluding hydrogens is 367 g/mol. The summed E-state index contributed by atoms with van der Waals surface area (Å²) in [5, 5.41) is 0. The van der Waals surface area contributed by atoms with Crippen LogP contribution in [0.3, 0.4) is 0 Å². The molecular formula is C18H18F3NO3S.